The Morgan fingerprint density at radius 1 is 1.41 bits per heavy atom. The van der Waals surface area contributed by atoms with E-state index in [9.17, 15) is 9.59 Å². The third kappa shape index (κ3) is 4.59. The number of ether oxygens (including phenoxy) is 1. The Labute approximate surface area is 143 Å². The minimum Gasteiger partial charge on any atom is -0.451 e. The van der Waals surface area contributed by atoms with Gasteiger partial charge in [-0.25, -0.2) is 4.79 Å². The summed E-state index contributed by atoms with van der Waals surface area (Å²) in [5, 5.41) is 15.0. The van der Waals surface area contributed by atoms with Crippen LogP contribution in [0.4, 0.5) is 5.69 Å². The summed E-state index contributed by atoms with van der Waals surface area (Å²) in [6.07, 6.45) is 0. The number of nitrogens with one attached hydrogen (secondary N) is 1. The van der Waals surface area contributed by atoms with Gasteiger partial charge in [0.1, 0.15) is 10.3 Å². The number of benzene rings is 1. The molecule has 1 aromatic carbocycles. The number of amides is 1. The molecule has 0 aliphatic heterocycles. The highest BCUT2D eigenvalue weighted by Gasteiger charge is 2.12. The van der Waals surface area contributed by atoms with Crippen molar-refractivity contribution in [3.05, 3.63) is 45.1 Å². The number of carbonyl (C=O) groups is 2. The van der Waals surface area contributed by atoms with Crippen LogP contribution in [-0.4, -0.2) is 18.5 Å². The Morgan fingerprint density at radius 3 is 2.86 bits per heavy atom. The number of hydrogen-bond acceptors (Lipinski definition) is 6. The lowest BCUT2D eigenvalue weighted by atomic mass is 10.3. The molecular weight excluding hydrogens is 388 g/mol. The van der Waals surface area contributed by atoms with Gasteiger partial charge in [-0.15, -0.1) is 11.3 Å². The molecule has 0 fully saturated rings. The summed E-state index contributed by atoms with van der Waals surface area (Å²) in [4.78, 5) is 24.6. The number of anilines is 1. The number of rotatable bonds is 5. The number of thioether (sulfide) groups is 1. The summed E-state index contributed by atoms with van der Waals surface area (Å²) in [5.41, 5.74) is 0.541. The molecule has 22 heavy (non-hydrogen) atoms. The number of thiocyanates is 1. The van der Waals surface area contributed by atoms with Crippen molar-refractivity contribution in [2.75, 3.05) is 11.9 Å². The van der Waals surface area contributed by atoms with E-state index in [0.717, 1.165) is 16.7 Å². The van der Waals surface area contributed by atoms with Gasteiger partial charge < -0.3 is 10.1 Å². The van der Waals surface area contributed by atoms with Crippen LogP contribution in [0, 0.1) is 10.7 Å². The average molecular weight is 397 g/mol. The molecule has 112 valence electrons. The Morgan fingerprint density at radius 2 is 2.23 bits per heavy atom. The third-order valence-corrected chi connectivity index (χ3v) is 4.52. The number of nitrogens with zero attached hydrogens (tertiary/aromatic N) is 1. The van der Waals surface area contributed by atoms with Crippen molar-refractivity contribution in [1.82, 2.24) is 0 Å². The molecule has 0 unspecified atom stereocenters. The van der Waals surface area contributed by atoms with Crippen LogP contribution in [0.1, 0.15) is 9.67 Å². The molecule has 0 atom stereocenters. The lowest BCUT2D eigenvalue weighted by Gasteiger charge is -2.08. The third-order valence-electron chi connectivity index (χ3n) is 2.43. The molecule has 0 bridgehead atoms. The minimum absolute atomic E-state index is 0.363. The van der Waals surface area contributed by atoms with E-state index in [2.05, 4.69) is 21.2 Å². The first-order chi connectivity index (χ1) is 10.6. The van der Waals surface area contributed by atoms with E-state index in [1.165, 1.54) is 11.3 Å². The normalized spacial score (nSPS) is 9.82. The molecule has 1 N–H and O–H groups in total. The zero-order valence-corrected chi connectivity index (χ0v) is 14.3. The fraction of sp³-hybridized carbons (Fsp3) is 0.0714. The summed E-state index contributed by atoms with van der Waals surface area (Å²) in [6.45, 7) is -0.363. The molecule has 2 rings (SSSR count). The van der Waals surface area contributed by atoms with E-state index >= 15 is 0 Å². The molecule has 8 heteroatoms. The molecule has 2 aromatic rings. The molecule has 0 spiro atoms. The average Bonchev–Trinajstić information content (AvgIpc) is 3.02. The predicted molar refractivity (Wildman–Crippen MR) is 88.8 cm³/mol. The topological polar surface area (TPSA) is 79.2 Å². The van der Waals surface area contributed by atoms with Crippen LogP contribution in [0.25, 0.3) is 0 Å². The Balaban J connectivity index is 1.89. The van der Waals surface area contributed by atoms with E-state index < -0.39 is 11.9 Å². The number of carbonyl (C=O) groups excluding carboxylic acids is 2. The Bertz CT molecular complexity index is 726. The van der Waals surface area contributed by atoms with Gasteiger partial charge in [0.2, 0.25) is 0 Å². The largest absolute Gasteiger partial charge is 0.451 e. The molecule has 0 radical (unpaired) electrons. The highest BCUT2D eigenvalue weighted by atomic mass is 79.9. The zero-order chi connectivity index (χ0) is 15.9. The van der Waals surface area contributed by atoms with E-state index in [1.54, 1.807) is 35.7 Å². The van der Waals surface area contributed by atoms with Crippen LogP contribution in [-0.2, 0) is 9.53 Å². The number of nitriles is 1. The molecule has 1 amide bonds. The summed E-state index contributed by atoms with van der Waals surface area (Å²) < 4.78 is 5.56. The number of hydrogen-bond donors (Lipinski definition) is 1. The van der Waals surface area contributed by atoms with E-state index in [4.69, 9.17) is 10.00 Å². The molecule has 5 nitrogen and oxygen atoms in total. The summed E-state index contributed by atoms with van der Waals surface area (Å²) in [7, 11) is 0. The summed E-state index contributed by atoms with van der Waals surface area (Å²) >= 11 is 5.59. The fourth-order valence-corrected chi connectivity index (χ4v) is 3.16. The number of esters is 1. The molecular formula is C14H9BrN2O3S2. The summed E-state index contributed by atoms with van der Waals surface area (Å²) in [6, 6.07) is 8.47. The van der Waals surface area contributed by atoms with Crippen molar-refractivity contribution >= 4 is 56.6 Å². The standard InChI is InChI=1S/C14H9BrN2O3S2/c15-10-6-9(22-8-16)3-4-11(10)17-13(18)7-20-14(19)12-2-1-5-21-12/h1-6H,7H2,(H,17,18). The van der Waals surface area contributed by atoms with Gasteiger partial charge in [-0.2, -0.15) is 5.26 Å². The van der Waals surface area contributed by atoms with Crippen molar-refractivity contribution in [1.29, 1.82) is 5.26 Å². The highest BCUT2D eigenvalue weighted by Crippen LogP contribution is 2.28. The monoisotopic (exact) mass is 396 g/mol. The zero-order valence-electron chi connectivity index (χ0n) is 11.0. The second-order valence-corrected chi connectivity index (χ2v) is 6.60. The minimum atomic E-state index is -0.523. The van der Waals surface area contributed by atoms with Gasteiger partial charge in [-0.1, -0.05) is 6.07 Å². The first kappa shape index (κ1) is 16.5. The Kier molecular flexibility index (Phi) is 6.00. The van der Waals surface area contributed by atoms with Gasteiger partial charge in [0.15, 0.2) is 6.61 Å². The van der Waals surface area contributed by atoms with Gasteiger partial charge in [-0.05, 0) is 57.3 Å². The molecule has 0 saturated carbocycles. The van der Waals surface area contributed by atoms with Crippen LogP contribution >= 0.6 is 39.0 Å². The second-order valence-electron chi connectivity index (χ2n) is 3.94. The maximum atomic E-state index is 11.8. The van der Waals surface area contributed by atoms with Crippen LogP contribution in [0.15, 0.2) is 45.1 Å². The quantitative estimate of drug-likeness (QED) is 0.471. The van der Waals surface area contributed by atoms with E-state index in [1.807, 2.05) is 5.40 Å². The predicted octanol–water partition coefficient (Wildman–Crippen LogP) is 3.88. The van der Waals surface area contributed by atoms with Crippen molar-refractivity contribution < 1.29 is 14.3 Å². The smallest absolute Gasteiger partial charge is 0.348 e. The lowest BCUT2D eigenvalue weighted by molar-refractivity contribution is -0.119. The van der Waals surface area contributed by atoms with Crippen molar-refractivity contribution in [2.45, 2.75) is 4.90 Å². The van der Waals surface area contributed by atoms with Crippen molar-refractivity contribution in [3.8, 4) is 5.40 Å². The van der Waals surface area contributed by atoms with Crippen LogP contribution < -0.4 is 5.32 Å². The van der Waals surface area contributed by atoms with E-state index in [-0.39, 0.29) is 6.61 Å². The van der Waals surface area contributed by atoms with Gasteiger partial charge >= 0.3 is 5.97 Å². The Hall–Kier alpha value is -1.82. The second kappa shape index (κ2) is 7.98. The van der Waals surface area contributed by atoms with Crippen molar-refractivity contribution in [3.63, 3.8) is 0 Å². The maximum absolute atomic E-state index is 11.8. The highest BCUT2D eigenvalue weighted by molar-refractivity contribution is 9.10. The molecule has 1 heterocycles. The molecule has 0 aliphatic carbocycles. The van der Waals surface area contributed by atoms with Gasteiger partial charge in [-0.3, -0.25) is 4.79 Å². The van der Waals surface area contributed by atoms with E-state index in [0.29, 0.717) is 15.0 Å². The summed E-state index contributed by atoms with van der Waals surface area (Å²) in [5.74, 6) is -0.962. The van der Waals surface area contributed by atoms with Crippen molar-refractivity contribution in [2.24, 2.45) is 0 Å². The van der Waals surface area contributed by atoms with Gasteiger partial charge in [0, 0.05) is 9.37 Å². The van der Waals surface area contributed by atoms with Crippen LogP contribution in [0.2, 0.25) is 0 Å². The van der Waals surface area contributed by atoms with Gasteiger partial charge in [0.25, 0.3) is 5.91 Å². The SMILES string of the molecule is N#CSc1ccc(NC(=O)COC(=O)c2cccs2)c(Br)c1. The van der Waals surface area contributed by atoms with Gasteiger partial charge in [0.05, 0.1) is 5.69 Å². The molecule has 1 aromatic heterocycles. The first-order valence-electron chi connectivity index (χ1n) is 5.96. The fourth-order valence-electron chi connectivity index (χ4n) is 1.50. The first-order valence-corrected chi connectivity index (χ1v) is 8.45. The molecule has 0 saturated heterocycles. The number of thiophene rings is 1. The molecule has 0 aliphatic rings. The van der Waals surface area contributed by atoms with Crippen LogP contribution in [0.5, 0.6) is 0 Å². The van der Waals surface area contributed by atoms with Crippen LogP contribution in [0.3, 0.4) is 0 Å². The number of halogens is 1. The lowest BCUT2D eigenvalue weighted by Crippen LogP contribution is -2.20. The maximum Gasteiger partial charge on any atom is 0.348 e.